The molecule has 4 nitrogen and oxygen atoms in total. The van der Waals surface area contributed by atoms with Crippen LogP contribution in [0.1, 0.15) is 28.9 Å². The van der Waals surface area contributed by atoms with Crippen molar-refractivity contribution in [1.82, 2.24) is 14.8 Å². The molecule has 0 fully saturated rings. The highest BCUT2D eigenvalue weighted by molar-refractivity contribution is 7.71. The molecule has 0 aliphatic heterocycles. The van der Waals surface area contributed by atoms with Gasteiger partial charge in [0, 0.05) is 11.4 Å². The van der Waals surface area contributed by atoms with Crippen LogP contribution < -0.4 is 4.74 Å². The van der Waals surface area contributed by atoms with Crippen molar-refractivity contribution in [2.75, 3.05) is 6.61 Å². The number of aromatic amines is 1. The summed E-state index contributed by atoms with van der Waals surface area (Å²) in [6, 6.07) is 11.9. The summed E-state index contributed by atoms with van der Waals surface area (Å²) in [7, 11) is 0. The van der Waals surface area contributed by atoms with Crippen LogP contribution >= 0.6 is 23.8 Å². The molecule has 136 valence electrons. The summed E-state index contributed by atoms with van der Waals surface area (Å²) < 4.78 is 8.51. The van der Waals surface area contributed by atoms with Crippen molar-refractivity contribution < 1.29 is 4.74 Å². The van der Waals surface area contributed by atoms with Gasteiger partial charge in [-0.15, -0.1) is 0 Å². The Hall–Kier alpha value is -2.11. The van der Waals surface area contributed by atoms with Gasteiger partial charge in [0.05, 0.1) is 12.3 Å². The van der Waals surface area contributed by atoms with Crippen LogP contribution in [0, 0.1) is 25.5 Å². The maximum absolute atomic E-state index is 5.98. The van der Waals surface area contributed by atoms with Crippen molar-refractivity contribution in [3.63, 3.8) is 0 Å². The SMILES string of the molecule is Cc1cc(Cl)ccc1OCCCc1n[nH]c(=S)n1-c1cccc(C)c1C. The van der Waals surface area contributed by atoms with Gasteiger partial charge in [-0.1, -0.05) is 23.7 Å². The molecule has 1 aromatic heterocycles. The summed E-state index contributed by atoms with van der Waals surface area (Å²) in [6.45, 7) is 6.81. The number of hydrogen-bond donors (Lipinski definition) is 1. The van der Waals surface area contributed by atoms with Gasteiger partial charge in [0.1, 0.15) is 11.6 Å². The number of benzene rings is 2. The first-order valence-electron chi connectivity index (χ1n) is 8.59. The second-order valence-corrected chi connectivity index (χ2v) is 7.18. The second-order valence-electron chi connectivity index (χ2n) is 6.36. The van der Waals surface area contributed by atoms with Gasteiger partial charge in [-0.3, -0.25) is 9.67 Å². The molecular weight excluding hydrogens is 366 g/mol. The first kappa shape index (κ1) is 18.7. The van der Waals surface area contributed by atoms with Gasteiger partial charge >= 0.3 is 0 Å². The third-order valence-corrected chi connectivity index (χ3v) is 5.01. The van der Waals surface area contributed by atoms with Gasteiger partial charge in [-0.2, -0.15) is 5.10 Å². The van der Waals surface area contributed by atoms with Gasteiger partial charge < -0.3 is 4.74 Å². The number of hydrogen-bond acceptors (Lipinski definition) is 3. The molecule has 2 aromatic carbocycles. The van der Waals surface area contributed by atoms with Crippen molar-refractivity contribution >= 4 is 23.8 Å². The van der Waals surface area contributed by atoms with E-state index in [1.807, 2.05) is 35.8 Å². The molecule has 1 N–H and O–H groups in total. The third kappa shape index (κ3) is 4.00. The first-order valence-corrected chi connectivity index (χ1v) is 9.38. The number of halogens is 1. The van der Waals surface area contributed by atoms with Crippen molar-refractivity contribution in [3.05, 3.63) is 68.7 Å². The smallest absolute Gasteiger partial charge is 0.199 e. The van der Waals surface area contributed by atoms with Crippen LogP contribution in [0.2, 0.25) is 5.02 Å². The van der Waals surface area contributed by atoms with E-state index < -0.39 is 0 Å². The Balaban J connectivity index is 1.70. The number of nitrogens with zero attached hydrogens (tertiary/aromatic N) is 2. The molecule has 26 heavy (non-hydrogen) atoms. The fraction of sp³-hybridized carbons (Fsp3) is 0.300. The van der Waals surface area contributed by atoms with E-state index in [9.17, 15) is 0 Å². The third-order valence-electron chi connectivity index (χ3n) is 4.50. The number of aromatic nitrogens is 3. The minimum absolute atomic E-state index is 0.606. The maximum atomic E-state index is 5.98. The Bertz CT molecular complexity index is 977. The normalized spacial score (nSPS) is 10.9. The molecule has 3 rings (SSSR count). The average Bonchev–Trinajstić information content (AvgIpc) is 2.96. The Labute approximate surface area is 163 Å². The minimum atomic E-state index is 0.606. The predicted molar refractivity (Wildman–Crippen MR) is 108 cm³/mol. The molecule has 0 radical (unpaired) electrons. The lowest BCUT2D eigenvalue weighted by molar-refractivity contribution is 0.307. The Kier molecular flexibility index (Phi) is 5.79. The van der Waals surface area contributed by atoms with Crippen molar-refractivity contribution in [2.45, 2.75) is 33.6 Å². The van der Waals surface area contributed by atoms with Gasteiger partial charge in [-0.25, -0.2) is 0 Å². The van der Waals surface area contributed by atoms with Crippen molar-refractivity contribution in [1.29, 1.82) is 0 Å². The van der Waals surface area contributed by atoms with Gasteiger partial charge in [-0.05, 0) is 80.4 Å². The highest BCUT2D eigenvalue weighted by atomic mass is 35.5. The molecule has 0 aliphatic rings. The number of ether oxygens (including phenoxy) is 1. The molecule has 6 heteroatoms. The lowest BCUT2D eigenvalue weighted by Crippen LogP contribution is -2.07. The molecule has 0 saturated heterocycles. The maximum Gasteiger partial charge on any atom is 0.199 e. The lowest BCUT2D eigenvalue weighted by atomic mass is 10.1. The topological polar surface area (TPSA) is 42.8 Å². The van der Waals surface area contributed by atoms with Crippen LogP contribution in [0.4, 0.5) is 0 Å². The van der Waals surface area contributed by atoms with Crippen LogP contribution in [-0.2, 0) is 6.42 Å². The van der Waals surface area contributed by atoms with E-state index in [1.54, 1.807) is 0 Å². The largest absolute Gasteiger partial charge is 0.493 e. The zero-order valence-electron chi connectivity index (χ0n) is 15.2. The van der Waals surface area contributed by atoms with Crippen LogP contribution in [0.5, 0.6) is 5.75 Å². The number of aryl methyl sites for hydroxylation is 3. The van der Waals surface area contributed by atoms with Crippen LogP contribution in [0.3, 0.4) is 0 Å². The molecule has 0 unspecified atom stereocenters. The van der Waals surface area contributed by atoms with E-state index in [0.29, 0.717) is 11.4 Å². The van der Waals surface area contributed by atoms with E-state index in [-0.39, 0.29) is 0 Å². The van der Waals surface area contributed by atoms with Gasteiger partial charge in [0.25, 0.3) is 0 Å². The first-order chi connectivity index (χ1) is 12.5. The number of nitrogens with one attached hydrogen (secondary N) is 1. The average molecular weight is 388 g/mol. The zero-order valence-corrected chi connectivity index (χ0v) is 16.7. The van der Waals surface area contributed by atoms with E-state index in [4.69, 9.17) is 28.6 Å². The Morgan fingerprint density at radius 2 is 1.96 bits per heavy atom. The molecule has 3 aromatic rings. The van der Waals surface area contributed by atoms with Gasteiger partial charge in [0.2, 0.25) is 0 Å². The van der Waals surface area contributed by atoms with E-state index in [2.05, 4.69) is 36.2 Å². The van der Waals surface area contributed by atoms with Crippen molar-refractivity contribution in [3.8, 4) is 11.4 Å². The summed E-state index contributed by atoms with van der Waals surface area (Å²) in [4.78, 5) is 0. The number of rotatable bonds is 6. The highest BCUT2D eigenvalue weighted by Crippen LogP contribution is 2.22. The molecule has 0 atom stereocenters. The molecule has 0 amide bonds. The molecule has 0 saturated carbocycles. The summed E-state index contributed by atoms with van der Waals surface area (Å²) in [5, 5.41) is 8.05. The fourth-order valence-electron chi connectivity index (χ4n) is 2.91. The second kappa shape index (κ2) is 8.06. The summed E-state index contributed by atoms with van der Waals surface area (Å²) in [5.74, 6) is 1.78. The van der Waals surface area contributed by atoms with E-state index in [0.717, 1.165) is 40.7 Å². The summed E-state index contributed by atoms with van der Waals surface area (Å²) >= 11 is 11.4. The molecule has 0 bridgehead atoms. The minimum Gasteiger partial charge on any atom is -0.493 e. The summed E-state index contributed by atoms with van der Waals surface area (Å²) in [5.41, 5.74) is 4.56. The highest BCUT2D eigenvalue weighted by Gasteiger charge is 2.11. The standard InChI is InChI=1S/C20H22ClN3OS/c1-13-6-4-7-17(15(13)3)24-19(22-23-20(24)26)8-5-11-25-18-10-9-16(21)12-14(18)2/h4,6-7,9-10,12H,5,8,11H2,1-3H3,(H,23,26). The Morgan fingerprint density at radius 3 is 2.73 bits per heavy atom. The van der Waals surface area contributed by atoms with Crippen LogP contribution in [0.25, 0.3) is 5.69 Å². The van der Waals surface area contributed by atoms with Crippen molar-refractivity contribution in [2.24, 2.45) is 0 Å². The molecule has 0 aliphatic carbocycles. The number of H-pyrrole nitrogens is 1. The monoisotopic (exact) mass is 387 g/mol. The van der Waals surface area contributed by atoms with Crippen LogP contribution in [0.15, 0.2) is 36.4 Å². The van der Waals surface area contributed by atoms with E-state index >= 15 is 0 Å². The summed E-state index contributed by atoms with van der Waals surface area (Å²) in [6.07, 6.45) is 1.61. The molecule has 1 heterocycles. The quantitative estimate of drug-likeness (QED) is 0.447. The molecular formula is C20H22ClN3OS. The Morgan fingerprint density at radius 1 is 1.15 bits per heavy atom. The molecule has 0 spiro atoms. The predicted octanol–water partition coefficient (Wildman–Crippen LogP) is 5.52. The van der Waals surface area contributed by atoms with Crippen LogP contribution in [-0.4, -0.2) is 21.4 Å². The van der Waals surface area contributed by atoms with Gasteiger partial charge in [0.15, 0.2) is 4.77 Å². The van der Waals surface area contributed by atoms with E-state index in [1.165, 1.54) is 11.1 Å². The zero-order chi connectivity index (χ0) is 18.7. The lowest BCUT2D eigenvalue weighted by Gasteiger charge is -2.12. The fourth-order valence-corrected chi connectivity index (χ4v) is 3.39.